The second-order valence-corrected chi connectivity index (χ2v) is 5.32. The first-order valence-electron chi connectivity index (χ1n) is 7.32. The van der Waals surface area contributed by atoms with E-state index in [2.05, 4.69) is 9.97 Å². The third-order valence-electron chi connectivity index (χ3n) is 3.83. The van der Waals surface area contributed by atoms with Gasteiger partial charge in [0, 0.05) is 17.8 Å². The van der Waals surface area contributed by atoms with Gasteiger partial charge in [-0.25, -0.2) is 9.78 Å². The SMILES string of the molecule is Cc1nc2ccccc2c(C)c1C(=O)OCc1nccn1C(F)F. The summed E-state index contributed by atoms with van der Waals surface area (Å²) in [6.45, 7) is 0.471. The molecule has 3 rings (SSSR count). The Morgan fingerprint density at radius 3 is 2.79 bits per heavy atom. The fraction of sp³-hybridized carbons (Fsp3) is 0.235. The molecule has 0 atom stereocenters. The highest BCUT2D eigenvalue weighted by Crippen LogP contribution is 2.23. The zero-order valence-electron chi connectivity index (χ0n) is 13.2. The zero-order chi connectivity index (χ0) is 17.3. The molecule has 24 heavy (non-hydrogen) atoms. The highest BCUT2D eigenvalue weighted by Gasteiger charge is 2.19. The number of rotatable bonds is 4. The third-order valence-corrected chi connectivity index (χ3v) is 3.83. The van der Waals surface area contributed by atoms with Gasteiger partial charge in [-0.1, -0.05) is 18.2 Å². The average molecular weight is 331 g/mol. The van der Waals surface area contributed by atoms with Crippen LogP contribution in [0.2, 0.25) is 0 Å². The van der Waals surface area contributed by atoms with Crippen LogP contribution >= 0.6 is 0 Å². The van der Waals surface area contributed by atoms with Gasteiger partial charge in [-0.3, -0.25) is 9.55 Å². The van der Waals surface area contributed by atoms with E-state index in [0.717, 1.165) is 22.7 Å². The summed E-state index contributed by atoms with van der Waals surface area (Å²) in [6, 6.07) is 7.47. The summed E-state index contributed by atoms with van der Waals surface area (Å²) in [7, 11) is 0. The minimum Gasteiger partial charge on any atom is -0.454 e. The number of carbonyl (C=O) groups excluding carboxylic acids is 1. The van der Waals surface area contributed by atoms with Crippen molar-refractivity contribution in [3.8, 4) is 0 Å². The van der Waals surface area contributed by atoms with E-state index in [1.807, 2.05) is 31.2 Å². The van der Waals surface area contributed by atoms with Crippen LogP contribution in [0.5, 0.6) is 0 Å². The van der Waals surface area contributed by atoms with Crippen molar-refractivity contribution < 1.29 is 18.3 Å². The number of alkyl halides is 2. The molecule has 0 aliphatic heterocycles. The van der Waals surface area contributed by atoms with Crippen LogP contribution in [0.3, 0.4) is 0 Å². The van der Waals surface area contributed by atoms with E-state index in [9.17, 15) is 13.6 Å². The molecule has 0 unspecified atom stereocenters. The minimum absolute atomic E-state index is 0.0117. The molecule has 124 valence electrons. The molecule has 2 heterocycles. The molecule has 2 aromatic heterocycles. The second-order valence-electron chi connectivity index (χ2n) is 5.32. The first-order chi connectivity index (χ1) is 11.5. The van der Waals surface area contributed by atoms with Gasteiger partial charge in [0.05, 0.1) is 16.8 Å². The molecule has 0 saturated carbocycles. The number of carbonyl (C=O) groups is 1. The molecular weight excluding hydrogens is 316 g/mol. The number of imidazole rings is 1. The number of fused-ring (bicyclic) bond motifs is 1. The van der Waals surface area contributed by atoms with E-state index >= 15 is 0 Å². The van der Waals surface area contributed by atoms with Gasteiger partial charge in [0.1, 0.15) is 6.61 Å². The maximum absolute atomic E-state index is 12.8. The Labute approximate surface area is 136 Å². The molecule has 0 bridgehead atoms. The normalized spacial score (nSPS) is 11.2. The van der Waals surface area contributed by atoms with Crippen LogP contribution in [0, 0.1) is 13.8 Å². The lowest BCUT2D eigenvalue weighted by Crippen LogP contribution is -2.13. The van der Waals surface area contributed by atoms with Crippen molar-refractivity contribution in [2.45, 2.75) is 27.0 Å². The summed E-state index contributed by atoms with van der Waals surface area (Å²) >= 11 is 0. The van der Waals surface area contributed by atoms with E-state index in [1.54, 1.807) is 6.92 Å². The Morgan fingerprint density at radius 1 is 1.29 bits per heavy atom. The lowest BCUT2D eigenvalue weighted by Gasteiger charge is -2.12. The summed E-state index contributed by atoms with van der Waals surface area (Å²) in [5.41, 5.74) is 2.43. The number of para-hydroxylation sites is 1. The van der Waals surface area contributed by atoms with Crippen molar-refractivity contribution >= 4 is 16.9 Å². The van der Waals surface area contributed by atoms with Crippen LogP contribution in [-0.2, 0) is 11.3 Å². The first-order valence-corrected chi connectivity index (χ1v) is 7.32. The van der Waals surface area contributed by atoms with Crippen LogP contribution in [0.15, 0.2) is 36.7 Å². The Kier molecular flexibility index (Phi) is 4.24. The van der Waals surface area contributed by atoms with E-state index < -0.39 is 12.5 Å². The highest BCUT2D eigenvalue weighted by atomic mass is 19.3. The van der Waals surface area contributed by atoms with Crippen molar-refractivity contribution in [1.82, 2.24) is 14.5 Å². The number of halogens is 2. The quantitative estimate of drug-likeness (QED) is 0.682. The number of aryl methyl sites for hydroxylation is 2. The number of pyridine rings is 1. The van der Waals surface area contributed by atoms with Crippen LogP contribution in [0.4, 0.5) is 8.78 Å². The summed E-state index contributed by atoms with van der Waals surface area (Å²) in [5.74, 6) is -0.616. The number of benzene rings is 1. The Hall–Kier alpha value is -2.83. The zero-order valence-corrected chi connectivity index (χ0v) is 13.2. The average Bonchev–Trinajstić information content (AvgIpc) is 3.01. The molecule has 1 aromatic carbocycles. The predicted octanol–water partition coefficient (Wildman–Crippen LogP) is 3.80. The molecule has 3 aromatic rings. The summed E-state index contributed by atoms with van der Waals surface area (Å²) < 4.78 is 31.4. The van der Waals surface area contributed by atoms with Crippen molar-refractivity contribution in [3.05, 3.63) is 59.3 Å². The fourth-order valence-corrected chi connectivity index (χ4v) is 2.67. The summed E-state index contributed by atoms with van der Waals surface area (Å²) in [6.07, 6.45) is 2.38. The van der Waals surface area contributed by atoms with E-state index in [0.29, 0.717) is 15.8 Å². The molecule has 0 amide bonds. The van der Waals surface area contributed by atoms with Gasteiger partial charge in [0.15, 0.2) is 5.82 Å². The molecule has 0 aliphatic carbocycles. The number of aromatic nitrogens is 3. The maximum Gasteiger partial charge on any atom is 0.340 e. The standard InChI is InChI=1S/C17H15F2N3O2/c1-10-12-5-3-4-6-13(12)21-11(2)15(10)16(23)24-9-14-20-7-8-22(14)17(18)19/h3-8,17H,9H2,1-2H3. The Balaban J connectivity index is 1.88. The molecule has 5 nitrogen and oxygen atoms in total. The van der Waals surface area contributed by atoms with Gasteiger partial charge in [0.25, 0.3) is 0 Å². The second kappa shape index (κ2) is 6.35. The summed E-state index contributed by atoms with van der Waals surface area (Å²) in [4.78, 5) is 20.6. The molecule has 0 N–H and O–H groups in total. The van der Waals surface area contributed by atoms with Gasteiger partial charge < -0.3 is 4.74 Å². The molecule has 0 aliphatic rings. The van der Waals surface area contributed by atoms with E-state index in [1.165, 1.54) is 6.20 Å². The van der Waals surface area contributed by atoms with E-state index in [-0.39, 0.29) is 12.4 Å². The smallest absolute Gasteiger partial charge is 0.340 e. The lowest BCUT2D eigenvalue weighted by atomic mass is 10.0. The number of ether oxygens (including phenoxy) is 1. The van der Waals surface area contributed by atoms with Crippen molar-refractivity contribution in [1.29, 1.82) is 0 Å². The topological polar surface area (TPSA) is 57.0 Å². The number of nitrogens with zero attached hydrogens (tertiary/aromatic N) is 3. The van der Waals surface area contributed by atoms with Gasteiger partial charge in [-0.15, -0.1) is 0 Å². The summed E-state index contributed by atoms with van der Waals surface area (Å²) in [5, 5.41) is 0.851. The third kappa shape index (κ3) is 2.84. The van der Waals surface area contributed by atoms with Crippen molar-refractivity contribution in [2.24, 2.45) is 0 Å². The Morgan fingerprint density at radius 2 is 2.04 bits per heavy atom. The fourth-order valence-electron chi connectivity index (χ4n) is 2.67. The van der Waals surface area contributed by atoms with Gasteiger partial charge in [-0.05, 0) is 25.5 Å². The van der Waals surface area contributed by atoms with E-state index in [4.69, 9.17) is 4.74 Å². The first kappa shape index (κ1) is 16.0. The molecule has 0 spiro atoms. The predicted molar refractivity (Wildman–Crippen MR) is 83.8 cm³/mol. The monoisotopic (exact) mass is 331 g/mol. The van der Waals surface area contributed by atoms with Crippen molar-refractivity contribution in [2.75, 3.05) is 0 Å². The highest BCUT2D eigenvalue weighted by molar-refractivity contribution is 5.98. The molecule has 0 fully saturated rings. The molecule has 0 radical (unpaired) electrons. The van der Waals surface area contributed by atoms with Crippen molar-refractivity contribution in [3.63, 3.8) is 0 Å². The Bertz CT molecular complexity index is 906. The molecular formula is C17H15F2N3O2. The van der Waals surface area contributed by atoms with Gasteiger partial charge >= 0.3 is 12.5 Å². The van der Waals surface area contributed by atoms with Crippen LogP contribution in [-0.4, -0.2) is 20.5 Å². The number of hydrogen-bond donors (Lipinski definition) is 0. The minimum atomic E-state index is -2.73. The molecule has 7 heteroatoms. The van der Waals surface area contributed by atoms with Crippen LogP contribution < -0.4 is 0 Å². The van der Waals surface area contributed by atoms with Gasteiger partial charge in [0.2, 0.25) is 0 Å². The number of hydrogen-bond acceptors (Lipinski definition) is 4. The molecule has 0 saturated heterocycles. The lowest BCUT2D eigenvalue weighted by molar-refractivity contribution is 0.0374. The largest absolute Gasteiger partial charge is 0.454 e. The number of esters is 1. The van der Waals surface area contributed by atoms with Crippen LogP contribution in [0.1, 0.15) is 34.0 Å². The maximum atomic E-state index is 12.8. The van der Waals surface area contributed by atoms with Gasteiger partial charge in [-0.2, -0.15) is 8.78 Å². The van der Waals surface area contributed by atoms with Crippen LogP contribution in [0.25, 0.3) is 10.9 Å².